The van der Waals surface area contributed by atoms with Gasteiger partial charge in [-0.2, -0.15) is 0 Å². The van der Waals surface area contributed by atoms with Crippen LogP contribution < -0.4 is 14.8 Å². The van der Waals surface area contributed by atoms with Crippen LogP contribution in [0.4, 0.5) is 4.39 Å². The predicted octanol–water partition coefficient (Wildman–Crippen LogP) is 2.39. The maximum absolute atomic E-state index is 13.3. The molecule has 0 radical (unpaired) electrons. The van der Waals surface area contributed by atoms with Gasteiger partial charge in [-0.1, -0.05) is 0 Å². The van der Waals surface area contributed by atoms with Crippen LogP contribution in [0.5, 0.6) is 11.5 Å². The van der Waals surface area contributed by atoms with Crippen molar-refractivity contribution in [3.63, 3.8) is 0 Å². The standard InChI is InChI=1S/C20H20FNO6/c1-3-27-15-7-4-13(5-8-15)20(25)22-11-19(24)28-12-17(23)16-10-14(21)6-9-18(16)26-2/h4-10H,3,11-12H2,1-2H3,(H,22,25). The van der Waals surface area contributed by atoms with Gasteiger partial charge in [0.2, 0.25) is 5.78 Å². The molecular weight excluding hydrogens is 369 g/mol. The van der Waals surface area contributed by atoms with E-state index in [9.17, 15) is 18.8 Å². The van der Waals surface area contributed by atoms with E-state index in [-0.39, 0.29) is 11.3 Å². The first-order valence-electron chi connectivity index (χ1n) is 8.48. The van der Waals surface area contributed by atoms with Crippen molar-refractivity contribution >= 4 is 17.7 Å². The molecule has 7 nitrogen and oxygen atoms in total. The van der Waals surface area contributed by atoms with Crippen LogP contribution >= 0.6 is 0 Å². The van der Waals surface area contributed by atoms with Gasteiger partial charge in [0.05, 0.1) is 19.3 Å². The molecule has 2 rings (SSSR count). The molecule has 0 aliphatic heterocycles. The maximum Gasteiger partial charge on any atom is 0.325 e. The number of ether oxygens (including phenoxy) is 3. The lowest BCUT2D eigenvalue weighted by atomic mass is 10.1. The van der Waals surface area contributed by atoms with E-state index >= 15 is 0 Å². The van der Waals surface area contributed by atoms with Gasteiger partial charge < -0.3 is 19.5 Å². The van der Waals surface area contributed by atoms with Crippen LogP contribution in [-0.2, 0) is 9.53 Å². The third-order valence-corrected chi connectivity index (χ3v) is 3.65. The lowest BCUT2D eigenvalue weighted by Gasteiger charge is -2.09. The first-order chi connectivity index (χ1) is 13.4. The Hall–Kier alpha value is -3.42. The summed E-state index contributed by atoms with van der Waals surface area (Å²) in [5, 5.41) is 2.40. The summed E-state index contributed by atoms with van der Waals surface area (Å²) < 4.78 is 28.4. The second-order valence-corrected chi connectivity index (χ2v) is 5.57. The highest BCUT2D eigenvalue weighted by molar-refractivity contribution is 6.00. The molecule has 0 saturated carbocycles. The van der Waals surface area contributed by atoms with Crippen LogP contribution in [0.3, 0.4) is 0 Å². The molecule has 0 heterocycles. The molecule has 1 amide bonds. The predicted molar refractivity (Wildman–Crippen MR) is 98.2 cm³/mol. The Labute approximate surface area is 161 Å². The van der Waals surface area contributed by atoms with Crippen molar-refractivity contribution in [2.24, 2.45) is 0 Å². The maximum atomic E-state index is 13.3. The van der Waals surface area contributed by atoms with Crippen molar-refractivity contribution in [3.05, 3.63) is 59.4 Å². The SMILES string of the molecule is CCOc1ccc(C(=O)NCC(=O)OCC(=O)c2cc(F)ccc2OC)cc1. The molecule has 8 heteroatoms. The Morgan fingerprint density at radius 2 is 1.79 bits per heavy atom. The number of halogens is 1. The Morgan fingerprint density at radius 1 is 1.07 bits per heavy atom. The number of carbonyl (C=O) groups is 3. The summed E-state index contributed by atoms with van der Waals surface area (Å²) in [6, 6.07) is 9.86. The largest absolute Gasteiger partial charge is 0.496 e. The van der Waals surface area contributed by atoms with Gasteiger partial charge in [0.15, 0.2) is 6.61 Å². The van der Waals surface area contributed by atoms with Gasteiger partial charge >= 0.3 is 5.97 Å². The zero-order valence-electron chi connectivity index (χ0n) is 15.5. The van der Waals surface area contributed by atoms with Crippen LogP contribution in [0.2, 0.25) is 0 Å². The number of carbonyl (C=O) groups excluding carboxylic acids is 3. The number of esters is 1. The molecule has 0 saturated heterocycles. The normalized spacial score (nSPS) is 10.1. The van der Waals surface area contributed by atoms with Gasteiger partial charge in [0.25, 0.3) is 5.91 Å². The van der Waals surface area contributed by atoms with Crippen molar-refractivity contribution in [2.75, 3.05) is 26.9 Å². The number of hydrogen-bond acceptors (Lipinski definition) is 6. The molecule has 2 aromatic carbocycles. The van der Waals surface area contributed by atoms with Crippen LogP contribution in [0.25, 0.3) is 0 Å². The van der Waals surface area contributed by atoms with E-state index in [0.717, 1.165) is 12.1 Å². The Kier molecular flexibility index (Phi) is 7.50. The summed E-state index contributed by atoms with van der Waals surface area (Å²) in [6.45, 7) is 1.34. The van der Waals surface area contributed by atoms with Crippen LogP contribution in [-0.4, -0.2) is 44.5 Å². The minimum absolute atomic E-state index is 0.0336. The molecule has 28 heavy (non-hydrogen) atoms. The van der Waals surface area contributed by atoms with Gasteiger partial charge in [-0.3, -0.25) is 14.4 Å². The summed E-state index contributed by atoms with van der Waals surface area (Å²) in [4.78, 5) is 35.9. The number of ketones is 1. The smallest absolute Gasteiger partial charge is 0.325 e. The number of Topliss-reactive ketones (excluding diaryl/α,β-unsaturated/α-hetero) is 1. The third-order valence-electron chi connectivity index (χ3n) is 3.65. The average molecular weight is 389 g/mol. The van der Waals surface area contributed by atoms with E-state index in [1.54, 1.807) is 24.3 Å². The Morgan fingerprint density at radius 3 is 2.43 bits per heavy atom. The highest BCUT2D eigenvalue weighted by Crippen LogP contribution is 2.20. The summed E-state index contributed by atoms with van der Waals surface area (Å²) in [5.74, 6) is -1.71. The summed E-state index contributed by atoms with van der Waals surface area (Å²) >= 11 is 0. The van der Waals surface area contributed by atoms with Crippen LogP contribution in [0, 0.1) is 5.82 Å². The highest BCUT2D eigenvalue weighted by atomic mass is 19.1. The van der Waals surface area contributed by atoms with Gasteiger partial charge in [-0.25, -0.2) is 4.39 Å². The fourth-order valence-corrected chi connectivity index (χ4v) is 2.30. The minimum Gasteiger partial charge on any atom is -0.496 e. The molecule has 0 aliphatic rings. The van der Waals surface area contributed by atoms with E-state index in [4.69, 9.17) is 14.2 Å². The molecule has 0 atom stereocenters. The second-order valence-electron chi connectivity index (χ2n) is 5.57. The average Bonchev–Trinajstić information content (AvgIpc) is 2.71. The van der Waals surface area contributed by atoms with Gasteiger partial charge in [-0.05, 0) is 49.4 Å². The molecule has 0 aromatic heterocycles. The van der Waals surface area contributed by atoms with E-state index in [1.807, 2.05) is 6.92 Å². The third kappa shape index (κ3) is 5.80. The Balaban J connectivity index is 1.83. The molecule has 0 aliphatic carbocycles. The molecule has 0 spiro atoms. The topological polar surface area (TPSA) is 90.9 Å². The highest BCUT2D eigenvalue weighted by Gasteiger charge is 2.16. The van der Waals surface area contributed by atoms with E-state index in [2.05, 4.69) is 5.32 Å². The van der Waals surface area contributed by atoms with Crippen LogP contribution in [0.15, 0.2) is 42.5 Å². The molecule has 148 valence electrons. The first kappa shape index (κ1) is 20.9. The van der Waals surface area contributed by atoms with E-state index < -0.39 is 36.6 Å². The molecule has 0 bridgehead atoms. The number of rotatable bonds is 9. The van der Waals surface area contributed by atoms with Crippen molar-refractivity contribution in [2.45, 2.75) is 6.92 Å². The van der Waals surface area contributed by atoms with Crippen molar-refractivity contribution in [1.82, 2.24) is 5.32 Å². The van der Waals surface area contributed by atoms with Crippen molar-refractivity contribution in [1.29, 1.82) is 0 Å². The van der Waals surface area contributed by atoms with Gasteiger partial charge in [0, 0.05) is 5.56 Å². The number of hydrogen-bond donors (Lipinski definition) is 1. The summed E-state index contributed by atoms with van der Waals surface area (Å²) in [5.41, 5.74) is 0.311. The number of nitrogens with one attached hydrogen (secondary N) is 1. The number of amides is 1. The van der Waals surface area contributed by atoms with E-state index in [1.165, 1.54) is 13.2 Å². The van der Waals surface area contributed by atoms with E-state index in [0.29, 0.717) is 17.9 Å². The fraction of sp³-hybridized carbons (Fsp3) is 0.250. The molecule has 1 N–H and O–H groups in total. The molecule has 2 aromatic rings. The number of methoxy groups -OCH3 is 1. The van der Waals surface area contributed by atoms with Gasteiger partial charge in [0.1, 0.15) is 23.9 Å². The quantitative estimate of drug-likeness (QED) is 0.523. The zero-order valence-corrected chi connectivity index (χ0v) is 15.5. The lowest BCUT2D eigenvalue weighted by molar-refractivity contribution is -0.141. The Bertz CT molecular complexity index is 850. The fourth-order valence-electron chi connectivity index (χ4n) is 2.30. The molecule has 0 unspecified atom stereocenters. The summed E-state index contributed by atoms with van der Waals surface area (Å²) in [7, 11) is 1.34. The number of benzene rings is 2. The van der Waals surface area contributed by atoms with Crippen molar-refractivity contribution < 1.29 is 33.0 Å². The van der Waals surface area contributed by atoms with Crippen molar-refractivity contribution in [3.8, 4) is 11.5 Å². The lowest BCUT2D eigenvalue weighted by Crippen LogP contribution is -2.31. The first-order valence-corrected chi connectivity index (χ1v) is 8.48. The monoisotopic (exact) mass is 389 g/mol. The molecule has 0 fully saturated rings. The minimum atomic E-state index is -0.803. The molecular formula is C20H20FNO6. The van der Waals surface area contributed by atoms with Crippen LogP contribution in [0.1, 0.15) is 27.6 Å². The summed E-state index contributed by atoms with van der Waals surface area (Å²) in [6.07, 6.45) is 0. The van der Waals surface area contributed by atoms with Gasteiger partial charge in [-0.15, -0.1) is 0 Å². The zero-order chi connectivity index (χ0) is 20.5. The second kappa shape index (κ2) is 10.1.